The molecule has 0 saturated heterocycles. The van der Waals surface area contributed by atoms with Crippen LogP contribution < -0.4 is 0 Å². The van der Waals surface area contributed by atoms with Gasteiger partial charge in [-0.3, -0.25) is 10.1 Å². The van der Waals surface area contributed by atoms with Crippen LogP contribution in [-0.2, 0) is 0 Å². The van der Waals surface area contributed by atoms with Crippen molar-refractivity contribution in [2.45, 2.75) is 0 Å². The predicted molar refractivity (Wildman–Crippen MR) is 83.4 cm³/mol. The van der Waals surface area contributed by atoms with Gasteiger partial charge in [0, 0.05) is 28.4 Å². The lowest BCUT2D eigenvalue weighted by molar-refractivity contribution is -0.384. The van der Waals surface area contributed by atoms with Gasteiger partial charge >= 0.3 is 0 Å². The van der Waals surface area contributed by atoms with Gasteiger partial charge in [-0.15, -0.1) is 0 Å². The first-order chi connectivity index (χ1) is 10.1. The Morgan fingerprint density at radius 2 is 1.90 bits per heavy atom. The van der Waals surface area contributed by atoms with Crippen molar-refractivity contribution < 1.29 is 4.92 Å². The SMILES string of the molecule is O=[N+]([O-])c1cccc(-n2cc(-c3cccc(Br)c3)cn2)c1. The molecule has 3 aromatic rings. The number of nitro benzene ring substituents is 1. The lowest BCUT2D eigenvalue weighted by Crippen LogP contribution is -1.95. The summed E-state index contributed by atoms with van der Waals surface area (Å²) in [7, 11) is 0. The van der Waals surface area contributed by atoms with E-state index in [9.17, 15) is 10.1 Å². The first kappa shape index (κ1) is 13.5. The molecule has 104 valence electrons. The first-order valence-corrected chi connectivity index (χ1v) is 6.98. The van der Waals surface area contributed by atoms with E-state index in [-0.39, 0.29) is 5.69 Å². The summed E-state index contributed by atoms with van der Waals surface area (Å²) in [5.74, 6) is 0. The molecule has 0 saturated carbocycles. The molecule has 0 spiro atoms. The van der Waals surface area contributed by atoms with Crippen LogP contribution in [0.5, 0.6) is 0 Å². The van der Waals surface area contributed by atoms with Crippen molar-refractivity contribution in [3.8, 4) is 16.8 Å². The monoisotopic (exact) mass is 343 g/mol. The van der Waals surface area contributed by atoms with Crippen LogP contribution in [0.3, 0.4) is 0 Å². The summed E-state index contributed by atoms with van der Waals surface area (Å²) in [6.07, 6.45) is 3.58. The summed E-state index contributed by atoms with van der Waals surface area (Å²) in [6.45, 7) is 0. The summed E-state index contributed by atoms with van der Waals surface area (Å²) in [5.41, 5.74) is 2.68. The van der Waals surface area contributed by atoms with Crippen LogP contribution in [0.15, 0.2) is 65.4 Å². The third kappa shape index (κ3) is 2.85. The van der Waals surface area contributed by atoms with E-state index < -0.39 is 4.92 Å². The molecular weight excluding hydrogens is 334 g/mol. The van der Waals surface area contributed by atoms with Crippen molar-refractivity contribution >= 4 is 21.6 Å². The summed E-state index contributed by atoms with van der Waals surface area (Å²) in [5, 5.41) is 15.1. The number of nitro groups is 1. The predicted octanol–water partition coefficient (Wildman–Crippen LogP) is 4.21. The fourth-order valence-electron chi connectivity index (χ4n) is 2.03. The summed E-state index contributed by atoms with van der Waals surface area (Å²) < 4.78 is 2.62. The van der Waals surface area contributed by atoms with Gasteiger partial charge in [0.1, 0.15) is 0 Å². The zero-order chi connectivity index (χ0) is 14.8. The molecule has 0 amide bonds. The van der Waals surface area contributed by atoms with Gasteiger partial charge < -0.3 is 0 Å². The Morgan fingerprint density at radius 1 is 1.10 bits per heavy atom. The van der Waals surface area contributed by atoms with E-state index in [0.717, 1.165) is 15.6 Å². The van der Waals surface area contributed by atoms with Gasteiger partial charge in [0.25, 0.3) is 5.69 Å². The average Bonchev–Trinajstić information content (AvgIpc) is 2.97. The van der Waals surface area contributed by atoms with Crippen LogP contribution in [0.4, 0.5) is 5.69 Å². The second-order valence-electron chi connectivity index (χ2n) is 4.46. The van der Waals surface area contributed by atoms with Crippen molar-refractivity contribution in [2.24, 2.45) is 0 Å². The van der Waals surface area contributed by atoms with E-state index in [1.807, 2.05) is 30.5 Å². The number of rotatable bonds is 3. The molecule has 0 N–H and O–H groups in total. The third-order valence-corrected chi connectivity index (χ3v) is 3.54. The van der Waals surface area contributed by atoms with Gasteiger partial charge in [-0.05, 0) is 23.8 Å². The number of non-ortho nitro benzene ring substituents is 1. The molecule has 0 radical (unpaired) electrons. The second-order valence-corrected chi connectivity index (χ2v) is 5.38. The minimum Gasteiger partial charge on any atom is -0.258 e. The minimum absolute atomic E-state index is 0.0482. The zero-order valence-electron chi connectivity index (χ0n) is 10.8. The van der Waals surface area contributed by atoms with Crippen LogP contribution in [0.1, 0.15) is 0 Å². The molecule has 0 aliphatic heterocycles. The molecule has 0 aliphatic carbocycles. The molecule has 0 atom stereocenters. The smallest absolute Gasteiger partial charge is 0.258 e. The van der Waals surface area contributed by atoms with Gasteiger partial charge in [0.15, 0.2) is 0 Å². The van der Waals surface area contributed by atoms with Crippen molar-refractivity contribution in [3.63, 3.8) is 0 Å². The number of nitrogens with zero attached hydrogens (tertiary/aromatic N) is 3. The van der Waals surface area contributed by atoms with E-state index in [1.54, 1.807) is 23.0 Å². The molecule has 0 aliphatic rings. The van der Waals surface area contributed by atoms with Crippen molar-refractivity contribution in [2.75, 3.05) is 0 Å². The maximum atomic E-state index is 10.8. The third-order valence-electron chi connectivity index (χ3n) is 3.05. The number of hydrogen-bond donors (Lipinski definition) is 0. The number of halogens is 1. The number of benzene rings is 2. The molecule has 0 unspecified atom stereocenters. The Morgan fingerprint density at radius 3 is 2.67 bits per heavy atom. The van der Waals surface area contributed by atoms with E-state index in [1.165, 1.54) is 12.1 Å². The highest BCUT2D eigenvalue weighted by Gasteiger charge is 2.08. The standard InChI is InChI=1S/C15H10BrN3O2/c16-13-4-1-3-11(7-13)12-9-17-18(10-12)14-5-2-6-15(8-14)19(20)21/h1-10H. The fourth-order valence-corrected chi connectivity index (χ4v) is 2.43. The second kappa shape index (κ2) is 5.49. The zero-order valence-corrected chi connectivity index (χ0v) is 12.4. The molecule has 2 aromatic carbocycles. The van der Waals surface area contributed by atoms with Crippen LogP contribution >= 0.6 is 15.9 Å². The van der Waals surface area contributed by atoms with E-state index in [2.05, 4.69) is 21.0 Å². The molecule has 6 heteroatoms. The van der Waals surface area contributed by atoms with E-state index in [0.29, 0.717) is 5.69 Å². The Balaban J connectivity index is 1.98. The van der Waals surface area contributed by atoms with Gasteiger partial charge in [0.05, 0.1) is 16.8 Å². The lowest BCUT2D eigenvalue weighted by atomic mass is 10.1. The molecule has 0 bridgehead atoms. The molecule has 1 aromatic heterocycles. The number of aromatic nitrogens is 2. The Labute approximate surface area is 129 Å². The highest BCUT2D eigenvalue weighted by molar-refractivity contribution is 9.10. The van der Waals surface area contributed by atoms with Crippen LogP contribution in [-0.4, -0.2) is 14.7 Å². The van der Waals surface area contributed by atoms with Crippen LogP contribution in [0.2, 0.25) is 0 Å². The molecule has 3 rings (SSSR count). The van der Waals surface area contributed by atoms with Crippen molar-refractivity contribution in [3.05, 3.63) is 75.5 Å². The molecule has 5 nitrogen and oxygen atoms in total. The summed E-state index contributed by atoms with van der Waals surface area (Å²) in [4.78, 5) is 10.4. The Hall–Kier alpha value is -2.47. The topological polar surface area (TPSA) is 61.0 Å². The molecule has 0 fully saturated rings. The minimum atomic E-state index is -0.414. The normalized spacial score (nSPS) is 10.5. The van der Waals surface area contributed by atoms with Crippen molar-refractivity contribution in [1.82, 2.24) is 9.78 Å². The maximum absolute atomic E-state index is 10.8. The van der Waals surface area contributed by atoms with Crippen LogP contribution in [0, 0.1) is 10.1 Å². The maximum Gasteiger partial charge on any atom is 0.271 e. The van der Waals surface area contributed by atoms with E-state index in [4.69, 9.17) is 0 Å². The highest BCUT2D eigenvalue weighted by Crippen LogP contribution is 2.24. The van der Waals surface area contributed by atoms with Gasteiger partial charge in [-0.2, -0.15) is 5.10 Å². The summed E-state index contributed by atoms with van der Waals surface area (Å²) in [6, 6.07) is 14.3. The first-order valence-electron chi connectivity index (χ1n) is 6.19. The van der Waals surface area contributed by atoms with Crippen LogP contribution in [0.25, 0.3) is 16.8 Å². The van der Waals surface area contributed by atoms with E-state index >= 15 is 0 Å². The molecular formula is C15H10BrN3O2. The number of hydrogen-bond acceptors (Lipinski definition) is 3. The summed E-state index contributed by atoms with van der Waals surface area (Å²) >= 11 is 3.43. The molecule has 21 heavy (non-hydrogen) atoms. The highest BCUT2D eigenvalue weighted by atomic mass is 79.9. The average molecular weight is 344 g/mol. The fraction of sp³-hybridized carbons (Fsp3) is 0. The largest absolute Gasteiger partial charge is 0.271 e. The van der Waals surface area contributed by atoms with Gasteiger partial charge in [-0.1, -0.05) is 34.1 Å². The van der Waals surface area contributed by atoms with Gasteiger partial charge in [-0.25, -0.2) is 4.68 Å². The lowest BCUT2D eigenvalue weighted by Gasteiger charge is -2.01. The molecule has 1 heterocycles. The Bertz CT molecular complexity index is 814. The van der Waals surface area contributed by atoms with Gasteiger partial charge in [0.2, 0.25) is 0 Å². The Kier molecular flexibility index (Phi) is 3.53. The quantitative estimate of drug-likeness (QED) is 0.528. The van der Waals surface area contributed by atoms with Crippen molar-refractivity contribution in [1.29, 1.82) is 0 Å².